The molecule has 0 aromatic heterocycles. The summed E-state index contributed by atoms with van der Waals surface area (Å²) in [6.07, 6.45) is 10.2. The highest BCUT2D eigenvalue weighted by molar-refractivity contribution is 5.29. The van der Waals surface area contributed by atoms with Crippen LogP contribution in [0.5, 0.6) is 5.75 Å². The number of rotatable bonds is 6. The van der Waals surface area contributed by atoms with Gasteiger partial charge in [-0.3, -0.25) is 0 Å². The van der Waals surface area contributed by atoms with Crippen LogP contribution in [-0.2, 0) is 0 Å². The number of hydrogen-bond acceptors (Lipinski definition) is 3. The van der Waals surface area contributed by atoms with Gasteiger partial charge >= 0.3 is 0 Å². The molecule has 0 amide bonds. The van der Waals surface area contributed by atoms with E-state index in [1.54, 1.807) is 0 Å². The van der Waals surface area contributed by atoms with Gasteiger partial charge in [0.1, 0.15) is 18.5 Å². The standard InChI is InChI=1S/C20H31NO2/c22-19(15-21-13-5-2-6-14-21)16-23-20-11-9-18(10-12-20)17-7-3-1-4-8-17/h9-12,17,19,22H,1-8,13-16H2/t19-/m1/s1. The molecule has 1 aliphatic carbocycles. The largest absolute Gasteiger partial charge is 0.491 e. The monoisotopic (exact) mass is 317 g/mol. The van der Waals surface area contributed by atoms with Gasteiger partial charge in [-0.25, -0.2) is 0 Å². The van der Waals surface area contributed by atoms with Crippen molar-refractivity contribution in [1.29, 1.82) is 0 Å². The van der Waals surface area contributed by atoms with Gasteiger partial charge in [-0.05, 0) is 62.4 Å². The zero-order valence-corrected chi connectivity index (χ0v) is 14.3. The molecule has 2 aliphatic rings. The van der Waals surface area contributed by atoms with Crippen LogP contribution in [0.3, 0.4) is 0 Å². The van der Waals surface area contributed by atoms with Crippen molar-refractivity contribution in [3.63, 3.8) is 0 Å². The summed E-state index contributed by atoms with van der Waals surface area (Å²) in [6.45, 7) is 3.36. The van der Waals surface area contributed by atoms with Crippen LogP contribution in [0.1, 0.15) is 62.8 Å². The molecule has 0 spiro atoms. The summed E-state index contributed by atoms with van der Waals surface area (Å²) in [6, 6.07) is 8.56. The van der Waals surface area contributed by atoms with E-state index in [-0.39, 0.29) is 0 Å². The van der Waals surface area contributed by atoms with Gasteiger partial charge in [-0.15, -0.1) is 0 Å². The Kier molecular flexibility index (Phi) is 6.35. The first-order chi connectivity index (χ1) is 11.3. The van der Waals surface area contributed by atoms with Gasteiger partial charge in [-0.1, -0.05) is 37.8 Å². The zero-order chi connectivity index (χ0) is 15.9. The van der Waals surface area contributed by atoms with Crippen molar-refractivity contribution in [3.05, 3.63) is 29.8 Å². The lowest BCUT2D eigenvalue weighted by Gasteiger charge is -2.28. The average Bonchev–Trinajstić information content (AvgIpc) is 2.62. The molecule has 128 valence electrons. The molecule has 2 fully saturated rings. The summed E-state index contributed by atoms with van der Waals surface area (Å²) < 4.78 is 5.77. The normalized spacial score (nSPS) is 22.0. The summed E-state index contributed by atoms with van der Waals surface area (Å²) >= 11 is 0. The first-order valence-electron chi connectivity index (χ1n) is 9.44. The lowest BCUT2D eigenvalue weighted by molar-refractivity contribution is 0.0617. The van der Waals surface area contributed by atoms with E-state index in [4.69, 9.17) is 4.74 Å². The van der Waals surface area contributed by atoms with Crippen LogP contribution in [0.4, 0.5) is 0 Å². The summed E-state index contributed by atoms with van der Waals surface area (Å²) in [7, 11) is 0. The Hall–Kier alpha value is -1.06. The van der Waals surface area contributed by atoms with Gasteiger partial charge < -0.3 is 14.7 Å². The number of benzene rings is 1. The number of piperidine rings is 1. The number of hydrogen-bond donors (Lipinski definition) is 1. The minimum absolute atomic E-state index is 0.388. The smallest absolute Gasteiger partial charge is 0.119 e. The minimum atomic E-state index is -0.397. The molecule has 23 heavy (non-hydrogen) atoms. The summed E-state index contributed by atoms with van der Waals surface area (Å²) in [5.41, 5.74) is 1.45. The van der Waals surface area contributed by atoms with Crippen molar-refractivity contribution in [2.75, 3.05) is 26.2 Å². The lowest BCUT2D eigenvalue weighted by Crippen LogP contribution is -2.38. The number of ether oxygens (including phenoxy) is 1. The molecule has 1 atom stereocenters. The molecule has 0 bridgehead atoms. The zero-order valence-electron chi connectivity index (χ0n) is 14.3. The number of β-amino-alcohol motifs (C(OH)–C–C–N with tert-alkyl or cyclic N) is 1. The van der Waals surface area contributed by atoms with Crippen molar-refractivity contribution < 1.29 is 9.84 Å². The molecule has 1 saturated carbocycles. The van der Waals surface area contributed by atoms with Gasteiger partial charge in [0.25, 0.3) is 0 Å². The Balaban J connectivity index is 1.42. The molecule has 3 heteroatoms. The molecule has 0 radical (unpaired) electrons. The van der Waals surface area contributed by atoms with Crippen molar-refractivity contribution in [2.45, 2.75) is 63.4 Å². The third-order valence-corrected chi connectivity index (χ3v) is 5.32. The maximum absolute atomic E-state index is 10.2. The molecule has 1 aromatic carbocycles. The molecule has 1 saturated heterocycles. The Labute approximate surface area is 140 Å². The molecule has 1 aliphatic heterocycles. The predicted molar refractivity (Wildman–Crippen MR) is 94.1 cm³/mol. The molecule has 1 N–H and O–H groups in total. The van der Waals surface area contributed by atoms with Crippen molar-refractivity contribution in [2.24, 2.45) is 0 Å². The minimum Gasteiger partial charge on any atom is -0.491 e. The van der Waals surface area contributed by atoms with E-state index < -0.39 is 6.10 Å². The second-order valence-electron chi connectivity index (χ2n) is 7.23. The fraction of sp³-hybridized carbons (Fsp3) is 0.700. The topological polar surface area (TPSA) is 32.7 Å². The van der Waals surface area contributed by atoms with Crippen LogP contribution in [-0.4, -0.2) is 42.4 Å². The van der Waals surface area contributed by atoms with Crippen LogP contribution < -0.4 is 4.74 Å². The van der Waals surface area contributed by atoms with Crippen LogP contribution in [0.15, 0.2) is 24.3 Å². The second kappa shape index (κ2) is 8.70. The molecule has 0 unspecified atom stereocenters. The van der Waals surface area contributed by atoms with Gasteiger partial charge in [0, 0.05) is 6.54 Å². The van der Waals surface area contributed by atoms with Crippen LogP contribution >= 0.6 is 0 Å². The Morgan fingerprint density at radius 1 is 0.957 bits per heavy atom. The number of likely N-dealkylation sites (tertiary alicyclic amines) is 1. The maximum atomic E-state index is 10.2. The number of aliphatic hydroxyl groups is 1. The van der Waals surface area contributed by atoms with E-state index in [0.717, 1.165) is 31.3 Å². The third-order valence-electron chi connectivity index (χ3n) is 5.32. The number of nitrogens with zero attached hydrogens (tertiary/aromatic N) is 1. The van der Waals surface area contributed by atoms with Crippen LogP contribution in [0, 0.1) is 0 Å². The van der Waals surface area contributed by atoms with Gasteiger partial charge in [0.2, 0.25) is 0 Å². The Morgan fingerprint density at radius 2 is 1.61 bits per heavy atom. The van der Waals surface area contributed by atoms with Gasteiger partial charge in [0.05, 0.1) is 0 Å². The lowest BCUT2D eigenvalue weighted by atomic mass is 9.84. The van der Waals surface area contributed by atoms with Crippen LogP contribution in [0.25, 0.3) is 0 Å². The summed E-state index contributed by atoms with van der Waals surface area (Å²) in [5, 5.41) is 10.2. The molecular formula is C20H31NO2. The molecule has 3 nitrogen and oxygen atoms in total. The highest BCUT2D eigenvalue weighted by atomic mass is 16.5. The fourth-order valence-electron chi connectivity index (χ4n) is 3.96. The Bertz CT molecular complexity index is 447. The molecule has 1 heterocycles. The van der Waals surface area contributed by atoms with Crippen molar-refractivity contribution >= 4 is 0 Å². The predicted octanol–water partition coefficient (Wildman–Crippen LogP) is 3.96. The second-order valence-corrected chi connectivity index (χ2v) is 7.23. The quantitative estimate of drug-likeness (QED) is 0.862. The maximum Gasteiger partial charge on any atom is 0.119 e. The Morgan fingerprint density at radius 3 is 2.30 bits per heavy atom. The number of aliphatic hydroxyl groups excluding tert-OH is 1. The average molecular weight is 317 g/mol. The van der Waals surface area contributed by atoms with E-state index in [1.165, 1.54) is 56.9 Å². The SMILES string of the molecule is O[C@@H](COc1ccc(C2CCCCC2)cc1)CN1CCCCC1. The highest BCUT2D eigenvalue weighted by Crippen LogP contribution is 2.33. The molecule has 1 aromatic rings. The van der Waals surface area contributed by atoms with E-state index >= 15 is 0 Å². The molecule has 3 rings (SSSR count). The van der Waals surface area contributed by atoms with E-state index in [0.29, 0.717) is 6.61 Å². The highest BCUT2D eigenvalue weighted by Gasteiger charge is 2.16. The summed E-state index contributed by atoms with van der Waals surface area (Å²) in [5.74, 6) is 1.62. The van der Waals surface area contributed by atoms with Gasteiger partial charge in [0.15, 0.2) is 0 Å². The van der Waals surface area contributed by atoms with Gasteiger partial charge in [-0.2, -0.15) is 0 Å². The molecular weight excluding hydrogens is 286 g/mol. The first kappa shape index (κ1) is 16.8. The van der Waals surface area contributed by atoms with Crippen molar-refractivity contribution in [3.8, 4) is 5.75 Å². The van der Waals surface area contributed by atoms with E-state index in [2.05, 4.69) is 29.2 Å². The summed E-state index contributed by atoms with van der Waals surface area (Å²) in [4.78, 5) is 2.35. The van der Waals surface area contributed by atoms with E-state index in [1.807, 2.05) is 0 Å². The fourth-order valence-corrected chi connectivity index (χ4v) is 3.96. The van der Waals surface area contributed by atoms with E-state index in [9.17, 15) is 5.11 Å². The first-order valence-corrected chi connectivity index (χ1v) is 9.44. The van der Waals surface area contributed by atoms with Crippen LogP contribution in [0.2, 0.25) is 0 Å². The van der Waals surface area contributed by atoms with Crippen molar-refractivity contribution in [1.82, 2.24) is 4.90 Å². The third kappa shape index (κ3) is 5.22.